The van der Waals surface area contributed by atoms with Crippen LogP contribution in [-0.4, -0.2) is 17.6 Å². The van der Waals surface area contributed by atoms with Gasteiger partial charge in [0, 0.05) is 0 Å². The van der Waals surface area contributed by atoms with Crippen molar-refractivity contribution in [2.45, 2.75) is 25.9 Å². The van der Waals surface area contributed by atoms with E-state index in [1.807, 2.05) is 6.92 Å². The summed E-state index contributed by atoms with van der Waals surface area (Å²) in [4.78, 5) is 8.58. The maximum absolute atomic E-state index is 8.74. The molecule has 0 fully saturated rings. The van der Waals surface area contributed by atoms with Crippen LogP contribution in [0.3, 0.4) is 0 Å². The highest BCUT2D eigenvalue weighted by atomic mass is 16.3. The molecule has 3 N–H and O–H groups in total. The molecule has 1 amide bonds. The Labute approximate surface area is 61.5 Å². The molecule has 3 heteroatoms. The lowest BCUT2D eigenvalue weighted by atomic mass is 10.2. The average Bonchev–Trinajstić information content (AvgIpc) is 1.90. The minimum Gasteiger partial charge on any atom is -0.389 e. The normalized spacial score (nSPS) is 10.6. The predicted octanol–water partition coefficient (Wildman–Crippen LogP) is 0.435. The van der Waals surface area contributed by atoms with E-state index >= 15 is 0 Å². The first-order valence-corrected chi connectivity index (χ1v) is 3.18. The van der Waals surface area contributed by atoms with Gasteiger partial charge in [0.05, 0.1) is 6.10 Å². The number of hydrogen-bond acceptors (Lipinski definition) is 2. The summed E-state index contributed by atoms with van der Waals surface area (Å²) >= 11 is 0. The average molecular weight is 145 g/mol. The van der Waals surface area contributed by atoms with Crippen molar-refractivity contribution in [3.05, 3.63) is 12.7 Å². The zero-order valence-electron chi connectivity index (χ0n) is 6.29. The molecule has 0 aliphatic rings. The fraction of sp³-hybridized carbons (Fsp3) is 0.571. The van der Waals surface area contributed by atoms with Crippen molar-refractivity contribution in [2.24, 2.45) is 5.73 Å². The lowest BCUT2D eigenvalue weighted by Crippen LogP contribution is -1.98. The molecular formula is C7H15NO2. The van der Waals surface area contributed by atoms with Crippen molar-refractivity contribution in [2.75, 3.05) is 0 Å². The summed E-state index contributed by atoms with van der Waals surface area (Å²) in [6.07, 6.45) is 3.38. The molecule has 10 heavy (non-hydrogen) atoms. The SMILES string of the molecule is C=CC(O)CCC.NC=O. The summed E-state index contributed by atoms with van der Waals surface area (Å²) in [5, 5.41) is 8.74. The predicted molar refractivity (Wildman–Crippen MR) is 41.4 cm³/mol. The number of aliphatic hydroxyl groups is 1. The second kappa shape index (κ2) is 11.0. The number of carbonyl (C=O) groups excluding carboxylic acids is 1. The van der Waals surface area contributed by atoms with Gasteiger partial charge in [0.25, 0.3) is 0 Å². The van der Waals surface area contributed by atoms with Crippen LogP contribution in [0.4, 0.5) is 0 Å². The molecule has 0 spiro atoms. The molecule has 0 aliphatic heterocycles. The summed E-state index contributed by atoms with van der Waals surface area (Å²) in [5.41, 5.74) is 4.17. The summed E-state index contributed by atoms with van der Waals surface area (Å²) in [5.74, 6) is 0. The third-order valence-electron chi connectivity index (χ3n) is 0.857. The van der Waals surface area contributed by atoms with Crippen molar-refractivity contribution in [3.8, 4) is 0 Å². The van der Waals surface area contributed by atoms with Gasteiger partial charge in [0.15, 0.2) is 0 Å². The Hall–Kier alpha value is -0.830. The molecule has 1 atom stereocenters. The largest absolute Gasteiger partial charge is 0.389 e. The Morgan fingerprint density at radius 2 is 2.20 bits per heavy atom. The molecule has 0 aliphatic carbocycles. The lowest BCUT2D eigenvalue weighted by Gasteiger charge is -1.97. The van der Waals surface area contributed by atoms with Crippen LogP contribution in [0.15, 0.2) is 12.7 Å². The van der Waals surface area contributed by atoms with Gasteiger partial charge in [-0.2, -0.15) is 0 Å². The van der Waals surface area contributed by atoms with Crippen LogP contribution in [0.2, 0.25) is 0 Å². The van der Waals surface area contributed by atoms with Crippen molar-refractivity contribution < 1.29 is 9.90 Å². The highest BCUT2D eigenvalue weighted by Gasteiger charge is 1.90. The molecule has 0 rings (SSSR count). The van der Waals surface area contributed by atoms with Crippen LogP contribution in [0.1, 0.15) is 19.8 Å². The Bertz CT molecular complexity index is 83.7. The van der Waals surface area contributed by atoms with Crippen molar-refractivity contribution in [1.82, 2.24) is 0 Å². The minimum atomic E-state index is -0.287. The third-order valence-corrected chi connectivity index (χ3v) is 0.857. The van der Waals surface area contributed by atoms with E-state index < -0.39 is 0 Å². The topological polar surface area (TPSA) is 63.3 Å². The summed E-state index contributed by atoms with van der Waals surface area (Å²) < 4.78 is 0. The van der Waals surface area contributed by atoms with Crippen LogP contribution in [0.25, 0.3) is 0 Å². The first kappa shape index (κ1) is 11.9. The number of rotatable bonds is 3. The highest BCUT2D eigenvalue weighted by molar-refractivity contribution is 5.42. The van der Waals surface area contributed by atoms with E-state index in [1.165, 1.54) is 0 Å². The van der Waals surface area contributed by atoms with Gasteiger partial charge in [0.1, 0.15) is 0 Å². The number of aliphatic hydroxyl groups excluding tert-OH is 1. The van der Waals surface area contributed by atoms with Crippen LogP contribution in [0, 0.1) is 0 Å². The molecule has 0 heterocycles. The first-order chi connectivity index (χ1) is 4.72. The van der Waals surface area contributed by atoms with E-state index in [4.69, 9.17) is 9.90 Å². The van der Waals surface area contributed by atoms with Gasteiger partial charge in [0.2, 0.25) is 6.41 Å². The van der Waals surface area contributed by atoms with Gasteiger partial charge in [-0.25, -0.2) is 0 Å². The van der Waals surface area contributed by atoms with Crippen LogP contribution >= 0.6 is 0 Å². The zero-order valence-corrected chi connectivity index (χ0v) is 6.29. The maximum atomic E-state index is 8.74. The lowest BCUT2D eigenvalue weighted by molar-refractivity contribution is -0.106. The Balaban J connectivity index is 0. The molecule has 0 saturated carbocycles. The number of hydrogen-bond donors (Lipinski definition) is 2. The van der Waals surface area contributed by atoms with E-state index in [0.29, 0.717) is 0 Å². The number of primary amides is 1. The van der Waals surface area contributed by atoms with Gasteiger partial charge in [-0.05, 0) is 6.42 Å². The summed E-state index contributed by atoms with van der Waals surface area (Å²) in [6.45, 7) is 5.46. The van der Waals surface area contributed by atoms with Crippen LogP contribution in [0.5, 0.6) is 0 Å². The van der Waals surface area contributed by atoms with E-state index in [2.05, 4.69) is 12.3 Å². The fourth-order valence-electron chi connectivity index (χ4n) is 0.414. The Morgan fingerprint density at radius 1 is 1.80 bits per heavy atom. The Kier molecular flexibility index (Phi) is 13.1. The van der Waals surface area contributed by atoms with Gasteiger partial charge in [-0.15, -0.1) is 6.58 Å². The molecule has 0 aromatic heterocycles. The van der Waals surface area contributed by atoms with E-state index in [1.54, 1.807) is 6.08 Å². The van der Waals surface area contributed by atoms with Crippen LogP contribution in [-0.2, 0) is 4.79 Å². The molecule has 1 unspecified atom stereocenters. The molecule has 0 saturated heterocycles. The molecular weight excluding hydrogens is 130 g/mol. The van der Waals surface area contributed by atoms with Gasteiger partial charge < -0.3 is 10.8 Å². The standard InChI is InChI=1S/C6H12O.CH3NO/c1-3-5-6(7)4-2;2-1-3/h4,6-7H,2-3,5H2,1H3;1H,(H2,2,3). The van der Waals surface area contributed by atoms with Crippen molar-refractivity contribution >= 4 is 6.41 Å². The fourth-order valence-corrected chi connectivity index (χ4v) is 0.414. The molecule has 0 radical (unpaired) electrons. The molecule has 0 bridgehead atoms. The second-order valence-corrected chi connectivity index (χ2v) is 1.73. The third kappa shape index (κ3) is 15.7. The maximum Gasteiger partial charge on any atom is 0.204 e. The monoisotopic (exact) mass is 145 g/mol. The van der Waals surface area contributed by atoms with E-state index in [0.717, 1.165) is 12.8 Å². The van der Waals surface area contributed by atoms with Gasteiger partial charge in [-0.3, -0.25) is 4.79 Å². The van der Waals surface area contributed by atoms with E-state index in [-0.39, 0.29) is 12.5 Å². The smallest absolute Gasteiger partial charge is 0.204 e. The summed E-state index contributed by atoms with van der Waals surface area (Å²) in [6, 6.07) is 0. The Morgan fingerprint density at radius 3 is 2.30 bits per heavy atom. The van der Waals surface area contributed by atoms with Crippen LogP contribution < -0.4 is 5.73 Å². The minimum absolute atomic E-state index is 0.250. The van der Waals surface area contributed by atoms with Crippen molar-refractivity contribution in [1.29, 1.82) is 0 Å². The van der Waals surface area contributed by atoms with Crippen molar-refractivity contribution in [3.63, 3.8) is 0 Å². The molecule has 3 nitrogen and oxygen atoms in total. The number of amides is 1. The van der Waals surface area contributed by atoms with E-state index in [9.17, 15) is 0 Å². The number of carbonyl (C=O) groups is 1. The molecule has 60 valence electrons. The van der Waals surface area contributed by atoms with Gasteiger partial charge >= 0.3 is 0 Å². The number of nitrogens with two attached hydrogens (primary N) is 1. The quantitative estimate of drug-likeness (QED) is 0.447. The zero-order chi connectivity index (χ0) is 8.41. The van der Waals surface area contributed by atoms with Gasteiger partial charge in [-0.1, -0.05) is 19.4 Å². The molecule has 0 aromatic rings. The highest BCUT2D eigenvalue weighted by Crippen LogP contribution is 1.94. The second-order valence-electron chi connectivity index (χ2n) is 1.73. The first-order valence-electron chi connectivity index (χ1n) is 3.18. The summed E-state index contributed by atoms with van der Waals surface area (Å²) in [7, 11) is 0. The molecule has 0 aromatic carbocycles.